The maximum Gasteiger partial charge on any atom is 0.0473 e. The van der Waals surface area contributed by atoms with Gasteiger partial charge in [-0.05, 0) is 44.8 Å². The van der Waals surface area contributed by atoms with E-state index in [4.69, 9.17) is 5.73 Å². The lowest BCUT2D eigenvalue weighted by Crippen LogP contribution is -2.54. The normalized spacial score (nSPS) is 35.8. The predicted molar refractivity (Wildman–Crippen MR) is 83.9 cm³/mol. The second kappa shape index (κ2) is 5.47. The van der Waals surface area contributed by atoms with Gasteiger partial charge in [-0.2, -0.15) is 0 Å². The molecule has 0 aromatic heterocycles. The Morgan fingerprint density at radius 2 is 2.05 bits per heavy atom. The van der Waals surface area contributed by atoms with E-state index in [1.54, 1.807) is 0 Å². The van der Waals surface area contributed by atoms with E-state index in [1.807, 2.05) is 0 Å². The molecule has 2 heterocycles. The molecule has 0 radical (unpaired) electrons. The van der Waals surface area contributed by atoms with Crippen molar-refractivity contribution in [1.82, 2.24) is 9.80 Å². The van der Waals surface area contributed by atoms with Gasteiger partial charge in [0, 0.05) is 31.2 Å². The molecule has 3 heteroatoms. The van der Waals surface area contributed by atoms with Crippen molar-refractivity contribution in [3.63, 3.8) is 0 Å². The maximum atomic E-state index is 6.19. The fourth-order valence-electron chi connectivity index (χ4n) is 4.08. The monoisotopic (exact) mass is 273 g/mol. The van der Waals surface area contributed by atoms with Crippen LogP contribution in [-0.2, 0) is 0 Å². The van der Waals surface area contributed by atoms with Crippen molar-refractivity contribution in [3.8, 4) is 0 Å². The van der Waals surface area contributed by atoms with Crippen LogP contribution in [0.15, 0.2) is 30.3 Å². The maximum absolute atomic E-state index is 6.19. The van der Waals surface area contributed by atoms with Gasteiger partial charge in [-0.3, -0.25) is 4.90 Å². The van der Waals surface area contributed by atoms with Crippen LogP contribution in [0.1, 0.15) is 31.2 Å². The van der Waals surface area contributed by atoms with Gasteiger partial charge in [0.25, 0.3) is 0 Å². The van der Waals surface area contributed by atoms with Crippen LogP contribution in [0, 0.1) is 0 Å². The van der Waals surface area contributed by atoms with Crippen LogP contribution in [0.5, 0.6) is 0 Å². The zero-order valence-electron chi connectivity index (χ0n) is 12.8. The number of likely N-dealkylation sites (N-methyl/N-ethyl adjacent to an activating group) is 1. The summed E-state index contributed by atoms with van der Waals surface area (Å²) >= 11 is 0. The molecule has 2 fully saturated rings. The van der Waals surface area contributed by atoms with Crippen LogP contribution in [0.2, 0.25) is 0 Å². The van der Waals surface area contributed by atoms with Crippen LogP contribution in [0.3, 0.4) is 0 Å². The fourth-order valence-corrected chi connectivity index (χ4v) is 4.08. The third-order valence-corrected chi connectivity index (χ3v) is 5.48. The Morgan fingerprint density at radius 3 is 2.65 bits per heavy atom. The Morgan fingerprint density at radius 1 is 1.30 bits per heavy atom. The molecule has 2 saturated heterocycles. The largest absolute Gasteiger partial charge is 0.329 e. The summed E-state index contributed by atoms with van der Waals surface area (Å²) in [5.41, 5.74) is 7.88. The molecule has 2 aliphatic heterocycles. The standard InChI is InChI=1S/C17H27N3/c1-14-10-17(12-18,13-19(14)2)20-9-8-16(11-20)15-6-4-3-5-7-15/h3-7,14,16H,8-13,18H2,1-2H3. The highest BCUT2D eigenvalue weighted by atomic mass is 15.3. The summed E-state index contributed by atoms with van der Waals surface area (Å²) in [5, 5.41) is 0. The summed E-state index contributed by atoms with van der Waals surface area (Å²) in [4.78, 5) is 5.13. The highest BCUT2D eigenvalue weighted by Crippen LogP contribution is 2.37. The van der Waals surface area contributed by atoms with E-state index in [9.17, 15) is 0 Å². The lowest BCUT2D eigenvalue weighted by molar-refractivity contribution is 0.130. The van der Waals surface area contributed by atoms with Crippen molar-refractivity contribution in [1.29, 1.82) is 0 Å². The number of rotatable bonds is 3. The SMILES string of the molecule is CC1CC(CN)(N2CCC(c3ccccc3)C2)CN1C. The van der Waals surface area contributed by atoms with Gasteiger partial charge >= 0.3 is 0 Å². The Bertz CT molecular complexity index is 435. The Balaban J connectivity index is 1.73. The molecular weight excluding hydrogens is 246 g/mol. The first kappa shape index (κ1) is 14.1. The second-order valence-corrected chi connectivity index (χ2v) is 6.74. The third-order valence-electron chi connectivity index (χ3n) is 5.48. The first-order valence-corrected chi connectivity index (χ1v) is 7.85. The van der Waals surface area contributed by atoms with Gasteiger partial charge in [-0.25, -0.2) is 0 Å². The highest BCUT2D eigenvalue weighted by molar-refractivity contribution is 5.22. The van der Waals surface area contributed by atoms with Crippen molar-refractivity contribution in [3.05, 3.63) is 35.9 Å². The Hall–Kier alpha value is -0.900. The van der Waals surface area contributed by atoms with Gasteiger partial charge < -0.3 is 10.6 Å². The van der Waals surface area contributed by atoms with E-state index in [0.717, 1.165) is 13.1 Å². The first-order chi connectivity index (χ1) is 9.64. The molecule has 0 saturated carbocycles. The molecule has 3 atom stereocenters. The average Bonchev–Trinajstić information content (AvgIpc) is 3.07. The summed E-state index contributed by atoms with van der Waals surface area (Å²) in [6.07, 6.45) is 2.48. The molecule has 3 rings (SSSR count). The van der Waals surface area contributed by atoms with Gasteiger partial charge in [-0.1, -0.05) is 30.3 Å². The van der Waals surface area contributed by atoms with Gasteiger partial charge in [0.2, 0.25) is 0 Å². The van der Waals surface area contributed by atoms with E-state index in [0.29, 0.717) is 12.0 Å². The Kier molecular flexibility index (Phi) is 3.85. The number of nitrogens with zero attached hydrogens (tertiary/aromatic N) is 2. The van der Waals surface area contributed by atoms with E-state index < -0.39 is 0 Å². The van der Waals surface area contributed by atoms with E-state index in [1.165, 1.54) is 31.5 Å². The quantitative estimate of drug-likeness (QED) is 0.913. The van der Waals surface area contributed by atoms with E-state index in [-0.39, 0.29) is 5.54 Å². The molecule has 20 heavy (non-hydrogen) atoms. The molecule has 0 amide bonds. The summed E-state index contributed by atoms with van der Waals surface area (Å²) in [6.45, 7) is 6.58. The topological polar surface area (TPSA) is 32.5 Å². The second-order valence-electron chi connectivity index (χ2n) is 6.74. The minimum Gasteiger partial charge on any atom is -0.329 e. The fraction of sp³-hybridized carbons (Fsp3) is 0.647. The molecule has 0 bridgehead atoms. The van der Waals surface area contributed by atoms with Crippen molar-refractivity contribution >= 4 is 0 Å². The average molecular weight is 273 g/mol. The summed E-state index contributed by atoms with van der Waals surface area (Å²) in [6, 6.07) is 11.6. The summed E-state index contributed by atoms with van der Waals surface area (Å²) < 4.78 is 0. The Labute approximate surface area is 122 Å². The molecule has 2 N–H and O–H groups in total. The summed E-state index contributed by atoms with van der Waals surface area (Å²) in [5.74, 6) is 0.681. The zero-order valence-corrected chi connectivity index (χ0v) is 12.8. The molecule has 0 aliphatic carbocycles. The molecule has 110 valence electrons. The number of nitrogens with two attached hydrogens (primary N) is 1. The number of hydrogen-bond acceptors (Lipinski definition) is 3. The third kappa shape index (κ3) is 2.39. The number of benzene rings is 1. The van der Waals surface area contributed by atoms with Crippen LogP contribution in [-0.4, -0.2) is 54.6 Å². The zero-order chi connectivity index (χ0) is 14.2. The van der Waals surface area contributed by atoms with Crippen LogP contribution in [0.4, 0.5) is 0 Å². The number of hydrogen-bond donors (Lipinski definition) is 1. The van der Waals surface area contributed by atoms with Crippen molar-refractivity contribution in [2.45, 2.75) is 37.3 Å². The highest BCUT2D eigenvalue weighted by Gasteiger charge is 2.46. The van der Waals surface area contributed by atoms with Gasteiger partial charge in [0.05, 0.1) is 0 Å². The first-order valence-electron chi connectivity index (χ1n) is 7.85. The number of likely N-dealkylation sites (tertiary alicyclic amines) is 2. The lowest BCUT2D eigenvalue weighted by Gasteiger charge is -2.38. The minimum absolute atomic E-state index is 0.206. The molecule has 1 aromatic rings. The molecular formula is C17H27N3. The smallest absolute Gasteiger partial charge is 0.0473 e. The minimum atomic E-state index is 0.206. The molecule has 0 spiro atoms. The van der Waals surface area contributed by atoms with E-state index >= 15 is 0 Å². The van der Waals surface area contributed by atoms with Crippen molar-refractivity contribution < 1.29 is 0 Å². The van der Waals surface area contributed by atoms with Crippen molar-refractivity contribution in [2.75, 3.05) is 33.2 Å². The van der Waals surface area contributed by atoms with Gasteiger partial charge in [0.15, 0.2) is 0 Å². The predicted octanol–water partition coefficient (Wildman–Crippen LogP) is 1.90. The molecule has 3 nitrogen and oxygen atoms in total. The summed E-state index contributed by atoms with van der Waals surface area (Å²) in [7, 11) is 2.23. The van der Waals surface area contributed by atoms with Crippen LogP contribution < -0.4 is 5.73 Å². The molecule has 1 aromatic carbocycles. The van der Waals surface area contributed by atoms with Gasteiger partial charge in [-0.15, -0.1) is 0 Å². The van der Waals surface area contributed by atoms with E-state index in [2.05, 4.69) is 54.1 Å². The molecule has 2 aliphatic rings. The van der Waals surface area contributed by atoms with Crippen LogP contribution in [0.25, 0.3) is 0 Å². The van der Waals surface area contributed by atoms with Gasteiger partial charge in [0.1, 0.15) is 0 Å². The molecule has 3 unspecified atom stereocenters. The van der Waals surface area contributed by atoms with Crippen LogP contribution >= 0.6 is 0 Å². The lowest BCUT2D eigenvalue weighted by atomic mass is 9.93. The van der Waals surface area contributed by atoms with Crippen molar-refractivity contribution in [2.24, 2.45) is 5.73 Å².